The van der Waals surface area contributed by atoms with E-state index in [0.717, 1.165) is 61.8 Å². The van der Waals surface area contributed by atoms with E-state index >= 15 is 0 Å². The molecule has 0 aliphatic carbocycles. The molecule has 0 spiro atoms. The summed E-state index contributed by atoms with van der Waals surface area (Å²) in [6, 6.07) is 5.18. The Morgan fingerprint density at radius 1 is 1.15 bits per heavy atom. The number of amides is 1. The number of anilines is 1. The molecule has 144 valence electrons. The minimum atomic E-state index is -4.40. The maximum absolute atomic E-state index is 13.0. The van der Waals surface area contributed by atoms with Crippen molar-refractivity contribution in [2.45, 2.75) is 25.1 Å². The van der Waals surface area contributed by atoms with Crippen LogP contribution in [0.5, 0.6) is 0 Å². The third-order valence-electron chi connectivity index (χ3n) is 5.22. The number of hydrogen-bond acceptors (Lipinski definition) is 4. The number of benzene rings is 1. The number of pyridine rings is 1. The lowest BCUT2D eigenvalue weighted by Gasteiger charge is -2.33. The van der Waals surface area contributed by atoms with E-state index in [-0.39, 0.29) is 11.9 Å². The third-order valence-corrected chi connectivity index (χ3v) is 6.16. The molecule has 3 heterocycles. The summed E-state index contributed by atoms with van der Waals surface area (Å²) in [5.74, 6) is 2.04. The largest absolute Gasteiger partial charge is 0.416 e. The van der Waals surface area contributed by atoms with Gasteiger partial charge in [-0.3, -0.25) is 9.78 Å². The van der Waals surface area contributed by atoms with E-state index in [1.807, 2.05) is 21.6 Å². The normalized spacial score (nSPS) is 21.1. The molecule has 2 saturated heterocycles. The van der Waals surface area contributed by atoms with Gasteiger partial charge in [0.2, 0.25) is 5.91 Å². The van der Waals surface area contributed by atoms with Gasteiger partial charge in [0.15, 0.2) is 0 Å². The van der Waals surface area contributed by atoms with E-state index in [2.05, 4.69) is 4.98 Å². The van der Waals surface area contributed by atoms with Crippen molar-refractivity contribution in [3.63, 3.8) is 0 Å². The molecule has 2 aliphatic heterocycles. The van der Waals surface area contributed by atoms with Crippen molar-refractivity contribution >= 4 is 34.3 Å². The first-order chi connectivity index (χ1) is 12.9. The van der Waals surface area contributed by atoms with Crippen LogP contribution >= 0.6 is 11.8 Å². The van der Waals surface area contributed by atoms with E-state index in [4.69, 9.17) is 0 Å². The Hall–Kier alpha value is -1.96. The molecule has 0 radical (unpaired) electrons. The molecule has 2 aliphatic rings. The number of carbonyl (C=O) groups excluding carboxylic acids is 1. The van der Waals surface area contributed by atoms with Gasteiger partial charge in [-0.1, -0.05) is 6.07 Å². The summed E-state index contributed by atoms with van der Waals surface area (Å²) < 4.78 is 39.0. The Labute approximate surface area is 159 Å². The molecule has 4 nitrogen and oxygen atoms in total. The van der Waals surface area contributed by atoms with Crippen molar-refractivity contribution in [2.24, 2.45) is 0 Å². The second kappa shape index (κ2) is 7.22. The Balaban J connectivity index is 1.67. The van der Waals surface area contributed by atoms with Crippen molar-refractivity contribution in [2.75, 3.05) is 36.0 Å². The highest BCUT2D eigenvalue weighted by Gasteiger charge is 2.35. The molecule has 0 saturated carbocycles. The second-order valence-electron chi connectivity index (χ2n) is 6.85. The number of carbonyl (C=O) groups is 1. The summed E-state index contributed by atoms with van der Waals surface area (Å²) in [6.45, 7) is 2.25. The quantitative estimate of drug-likeness (QED) is 0.775. The Bertz CT molecular complexity index is 852. The van der Waals surface area contributed by atoms with Crippen molar-refractivity contribution in [1.29, 1.82) is 0 Å². The van der Waals surface area contributed by atoms with E-state index < -0.39 is 11.7 Å². The molecule has 8 heteroatoms. The van der Waals surface area contributed by atoms with E-state index in [9.17, 15) is 18.0 Å². The monoisotopic (exact) mass is 395 g/mol. The summed E-state index contributed by atoms with van der Waals surface area (Å²) >= 11 is 1.85. The lowest BCUT2D eigenvalue weighted by Crippen LogP contribution is -2.48. The van der Waals surface area contributed by atoms with Gasteiger partial charge >= 0.3 is 6.18 Å². The number of fused-ring (bicyclic) bond motifs is 1. The van der Waals surface area contributed by atoms with Crippen LogP contribution in [0, 0.1) is 0 Å². The predicted octanol–water partition coefficient (Wildman–Crippen LogP) is 3.80. The molecule has 1 aromatic heterocycles. The van der Waals surface area contributed by atoms with Crippen LogP contribution in [0.4, 0.5) is 18.9 Å². The number of nitrogens with zero attached hydrogens (tertiary/aromatic N) is 3. The molecule has 4 rings (SSSR count). The van der Waals surface area contributed by atoms with Crippen LogP contribution < -0.4 is 4.90 Å². The first-order valence-electron chi connectivity index (χ1n) is 9.04. The van der Waals surface area contributed by atoms with Gasteiger partial charge in [-0.2, -0.15) is 24.9 Å². The van der Waals surface area contributed by atoms with Crippen LogP contribution in [0.1, 0.15) is 18.4 Å². The maximum Gasteiger partial charge on any atom is 0.416 e. The van der Waals surface area contributed by atoms with E-state index in [1.165, 1.54) is 12.3 Å². The van der Waals surface area contributed by atoms with Gasteiger partial charge in [0.1, 0.15) is 6.04 Å². The standard InChI is InChI=1S/C19H20F3N3OS/c20-19(21,22)13-3-4-14-15(12-13)23-6-5-16(14)25-7-1-2-17(25)18(26)24-8-10-27-11-9-24/h3-6,12,17H,1-2,7-11H2. The molecule has 2 aromatic rings. The Morgan fingerprint density at radius 2 is 1.93 bits per heavy atom. The first-order valence-corrected chi connectivity index (χ1v) is 10.2. The van der Waals surface area contributed by atoms with Crippen LogP contribution in [0.3, 0.4) is 0 Å². The van der Waals surface area contributed by atoms with Crippen molar-refractivity contribution in [1.82, 2.24) is 9.88 Å². The maximum atomic E-state index is 13.0. The van der Waals surface area contributed by atoms with Gasteiger partial charge in [0.25, 0.3) is 0 Å². The number of rotatable bonds is 2. The highest BCUT2D eigenvalue weighted by Crippen LogP contribution is 2.36. The van der Waals surface area contributed by atoms with Crippen molar-refractivity contribution in [3.05, 3.63) is 36.0 Å². The number of halogens is 3. The third kappa shape index (κ3) is 3.59. The Morgan fingerprint density at radius 3 is 2.67 bits per heavy atom. The van der Waals surface area contributed by atoms with Crippen LogP contribution in [0.15, 0.2) is 30.5 Å². The molecule has 1 amide bonds. The highest BCUT2D eigenvalue weighted by molar-refractivity contribution is 7.99. The molecule has 27 heavy (non-hydrogen) atoms. The fourth-order valence-electron chi connectivity index (χ4n) is 3.87. The fraction of sp³-hybridized carbons (Fsp3) is 0.474. The van der Waals surface area contributed by atoms with Crippen molar-refractivity contribution < 1.29 is 18.0 Å². The smallest absolute Gasteiger partial charge is 0.359 e. The zero-order chi connectivity index (χ0) is 19.0. The summed E-state index contributed by atoms with van der Waals surface area (Å²) in [5.41, 5.74) is 0.380. The number of hydrogen-bond donors (Lipinski definition) is 0. The summed E-state index contributed by atoms with van der Waals surface area (Å²) in [6.07, 6.45) is -1.21. The lowest BCUT2D eigenvalue weighted by atomic mass is 10.1. The fourth-order valence-corrected chi connectivity index (χ4v) is 4.77. The molecular formula is C19H20F3N3OS. The molecule has 2 fully saturated rings. The van der Waals surface area contributed by atoms with E-state index in [1.54, 1.807) is 6.07 Å². The van der Waals surface area contributed by atoms with Gasteiger partial charge in [-0.25, -0.2) is 0 Å². The summed E-state index contributed by atoms with van der Waals surface area (Å²) in [5, 5.41) is 0.652. The Kier molecular flexibility index (Phi) is 4.92. The van der Waals surface area contributed by atoms with Crippen LogP contribution in [-0.4, -0.2) is 53.0 Å². The number of alkyl halides is 3. The van der Waals surface area contributed by atoms with Crippen LogP contribution in [0.25, 0.3) is 10.9 Å². The molecule has 0 bridgehead atoms. The number of aromatic nitrogens is 1. The minimum Gasteiger partial charge on any atom is -0.359 e. The zero-order valence-corrected chi connectivity index (χ0v) is 15.5. The minimum absolute atomic E-state index is 0.129. The first kappa shape index (κ1) is 18.4. The number of thioether (sulfide) groups is 1. The predicted molar refractivity (Wildman–Crippen MR) is 101 cm³/mol. The average Bonchev–Trinajstić information content (AvgIpc) is 3.16. The van der Waals surface area contributed by atoms with Gasteiger partial charge < -0.3 is 9.80 Å². The molecule has 0 N–H and O–H groups in total. The SMILES string of the molecule is O=C(C1CCCN1c1ccnc2cc(C(F)(F)F)ccc12)N1CCSCC1. The zero-order valence-electron chi connectivity index (χ0n) is 14.7. The average molecular weight is 395 g/mol. The summed E-state index contributed by atoms with van der Waals surface area (Å²) in [4.78, 5) is 21.1. The molecular weight excluding hydrogens is 375 g/mol. The summed E-state index contributed by atoms with van der Waals surface area (Å²) in [7, 11) is 0. The van der Waals surface area contributed by atoms with E-state index in [0.29, 0.717) is 10.9 Å². The molecule has 1 unspecified atom stereocenters. The van der Waals surface area contributed by atoms with Gasteiger partial charge in [0.05, 0.1) is 11.1 Å². The second-order valence-corrected chi connectivity index (χ2v) is 8.07. The van der Waals surface area contributed by atoms with Gasteiger partial charge in [0, 0.05) is 48.4 Å². The molecule has 1 aromatic carbocycles. The van der Waals surface area contributed by atoms with Crippen LogP contribution in [0.2, 0.25) is 0 Å². The highest BCUT2D eigenvalue weighted by atomic mass is 32.2. The molecule has 1 atom stereocenters. The van der Waals surface area contributed by atoms with Gasteiger partial charge in [-0.15, -0.1) is 0 Å². The van der Waals surface area contributed by atoms with Gasteiger partial charge in [-0.05, 0) is 31.0 Å². The topological polar surface area (TPSA) is 36.4 Å². The van der Waals surface area contributed by atoms with Crippen molar-refractivity contribution in [3.8, 4) is 0 Å². The van der Waals surface area contributed by atoms with Crippen LogP contribution in [-0.2, 0) is 11.0 Å². The lowest BCUT2D eigenvalue weighted by molar-refractivity contribution is -0.137.